The number of carbonyl (C=O) groups is 2. The van der Waals surface area contributed by atoms with Gasteiger partial charge in [-0.2, -0.15) is 0 Å². The summed E-state index contributed by atoms with van der Waals surface area (Å²) in [6.45, 7) is 9.75. The van der Waals surface area contributed by atoms with Gasteiger partial charge in [0.25, 0.3) is 0 Å². The molecule has 1 fully saturated rings. The van der Waals surface area contributed by atoms with Crippen molar-refractivity contribution in [1.82, 2.24) is 10.2 Å². The molecule has 0 aromatic heterocycles. The van der Waals surface area contributed by atoms with Crippen LogP contribution < -0.4 is 5.32 Å². The molecule has 28 heavy (non-hydrogen) atoms. The molecule has 1 heterocycles. The van der Waals surface area contributed by atoms with Crippen molar-refractivity contribution in [2.45, 2.75) is 65.7 Å². The maximum Gasteiger partial charge on any atom is 0.310 e. The van der Waals surface area contributed by atoms with Gasteiger partial charge >= 0.3 is 11.9 Å². The van der Waals surface area contributed by atoms with Gasteiger partial charge in [0.15, 0.2) is 5.96 Å². The lowest BCUT2D eigenvalue weighted by molar-refractivity contribution is -0.149. The van der Waals surface area contributed by atoms with E-state index in [-0.39, 0.29) is 41.8 Å². The molecule has 1 N–H and O–H groups in total. The van der Waals surface area contributed by atoms with Crippen molar-refractivity contribution in [1.29, 1.82) is 0 Å². The second-order valence-corrected chi connectivity index (χ2v) is 6.74. The molecule has 1 atom stereocenters. The molecule has 0 amide bonds. The van der Waals surface area contributed by atoms with Gasteiger partial charge < -0.3 is 19.7 Å². The predicted molar refractivity (Wildman–Crippen MR) is 122 cm³/mol. The van der Waals surface area contributed by atoms with Gasteiger partial charge in [-0.3, -0.25) is 14.6 Å². The first-order chi connectivity index (χ1) is 13.1. The van der Waals surface area contributed by atoms with Crippen LogP contribution in [0.2, 0.25) is 0 Å². The Labute approximate surface area is 187 Å². The first-order valence-corrected chi connectivity index (χ1v) is 10.5. The summed E-state index contributed by atoms with van der Waals surface area (Å²) in [5.41, 5.74) is 0. The van der Waals surface area contributed by atoms with Crippen molar-refractivity contribution in [3.8, 4) is 0 Å². The molecule has 0 aliphatic carbocycles. The Kier molecular flexibility index (Phi) is 16.2. The Bertz CT molecular complexity index is 474. The number of likely N-dealkylation sites (tertiary alicyclic amines) is 1. The fourth-order valence-electron chi connectivity index (χ4n) is 3.20. The second kappa shape index (κ2) is 16.9. The molecule has 0 bridgehead atoms. The lowest BCUT2D eigenvalue weighted by atomic mass is 9.98. The number of rotatable bonds is 11. The van der Waals surface area contributed by atoms with E-state index in [9.17, 15) is 9.59 Å². The summed E-state index contributed by atoms with van der Waals surface area (Å²) < 4.78 is 10.1. The zero-order chi connectivity index (χ0) is 19.9. The minimum Gasteiger partial charge on any atom is -0.466 e. The number of guanidine groups is 1. The van der Waals surface area contributed by atoms with E-state index in [2.05, 4.69) is 17.1 Å². The van der Waals surface area contributed by atoms with Crippen molar-refractivity contribution in [2.75, 3.05) is 39.4 Å². The fourth-order valence-corrected chi connectivity index (χ4v) is 3.20. The van der Waals surface area contributed by atoms with Gasteiger partial charge in [0.2, 0.25) is 0 Å². The molecule has 0 saturated carbocycles. The smallest absolute Gasteiger partial charge is 0.310 e. The summed E-state index contributed by atoms with van der Waals surface area (Å²) in [5.74, 6) is 0.620. The minimum atomic E-state index is -0.105. The molecular weight excluding hydrogens is 473 g/mol. The Hall–Kier alpha value is -1.06. The molecule has 164 valence electrons. The maximum absolute atomic E-state index is 12.0. The number of aliphatic imine (C=N–C) groups is 1. The first-order valence-electron chi connectivity index (χ1n) is 10.5. The fraction of sp³-hybridized carbons (Fsp3) is 0.850. The summed E-state index contributed by atoms with van der Waals surface area (Å²) in [6, 6.07) is 0. The molecule has 0 radical (unpaired) electrons. The van der Waals surface area contributed by atoms with Gasteiger partial charge in [0, 0.05) is 32.6 Å². The van der Waals surface area contributed by atoms with Gasteiger partial charge in [0.05, 0.1) is 19.1 Å². The van der Waals surface area contributed by atoms with Crippen molar-refractivity contribution >= 4 is 41.9 Å². The number of nitrogens with one attached hydrogen (secondary N) is 1. The third-order valence-corrected chi connectivity index (χ3v) is 4.53. The highest BCUT2D eigenvalue weighted by Crippen LogP contribution is 2.18. The molecule has 1 aliphatic rings. The highest BCUT2D eigenvalue weighted by atomic mass is 127. The number of nitrogens with zero attached hydrogens (tertiary/aromatic N) is 2. The number of ether oxygens (including phenoxy) is 2. The standard InChI is InChI=1S/C20H37N3O4.HI/c1-4-21-20(22-14-10-8-7-9-13-18(24)26-5-2)23-15-11-12-17(16-23)19(25)27-6-3;/h17H,4-16H2,1-3H3,(H,21,22);1H. The van der Waals surface area contributed by atoms with E-state index in [1.54, 1.807) is 0 Å². The van der Waals surface area contributed by atoms with Crippen LogP contribution in [0.25, 0.3) is 0 Å². The Balaban J connectivity index is 0.00000729. The SMILES string of the molecule is CCNC(=NCCCCCCC(=O)OCC)N1CCCC(C(=O)OCC)C1.I. The molecule has 1 aliphatic heterocycles. The molecule has 7 nitrogen and oxygen atoms in total. The van der Waals surface area contributed by atoms with E-state index >= 15 is 0 Å². The van der Waals surface area contributed by atoms with Gasteiger partial charge in [-0.1, -0.05) is 12.8 Å². The van der Waals surface area contributed by atoms with Gasteiger partial charge in [0.1, 0.15) is 0 Å². The van der Waals surface area contributed by atoms with Crippen LogP contribution in [0.15, 0.2) is 4.99 Å². The number of halogens is 1. The summed E-state index contributed by atoms with van der Waals surface area (Å²) in [4.78, 5) is 30.2. The highest BCUT2D eigenvalue weighted by molar-refractivity contribution is 14.0. The molecule has 1 saturated heterocycles. The number of hydrogen-bond acceptors (Lipinski definition) is 5. The van der Waals surface area contributed by atoms with Gasteiger partial charge in [-0.25, -0.2) is 0 Å². The Morgan fingerprint density at radius 1 is 1.07 bits per heavy atom. The molecule has 0 spiro atoms. The summed E-state index contributed by atoms with van der Waals surface area (Å²) in [5, 5.41) is 3.34. The topological polar surface area (TPSA) is 80.2 Å². The van der Waals surface area contributed by atoms with Crippen LogP contribution in [0, 0.1) is 5.92 Å². The third-order valence-electron chi connectivity index (χ3n) is 4.53. The molecule has 1 unspecified atom stereocenters. The van der Waals surface area contributed by atoms with Crippen LogP contribution in [0.3, 0.4) is 0 Å². The third kappa shape index (κ3) is 11.1. The molecule has 8 heteroatoms. The summed E-state index contributed by atoms with van der Waals surface area (Å²) >= 11 is 0. The van der Waals surface area contributed by atoms with Crippen molar-refractivity contribution in [3.05, 3.63) is 0 Å². The van der Waals surface area contributed by atoms with Crippen LogP contribution in [-0.4, -0.2) is 62.2 Å². The monoisotopic (exact) mass is 511 g/mol. The summed E-state index contributed by atoms with van der Waals surface area (Å²) in [7, 11) is 0. The van der Waals surface area contributed by atoms with Crippen LogP contribution in [0.1, 0.15) is 65.7 Å². The van der Waals surface area contributed by atoms with Crippen LogP contribution >= 0.6 is 24.0 Å². The molecule has 0 aromatic rings. The van der Waals surface area contributed by atoms with E-state index < -0.39 is 0 Å². The quantitative estimate of drug-likeness (QED) is 0.151. The number of unbranched alkanes of at least 4 members (excludes halogenated alkanes) is 3. The summed E-state index contributed by atoms with van der Waals surface area (Å²) in [6.07, 6.45) is 6.29. The van der Waals surface area contributed by atoms with Crippen molar-refractivity contribution in [3.63, 3.8) is 0 Å². The molecule has 0 aromatic carbocycles. The lowest BCUT2D eigenvalue weighted by Crippen LogP contribution is -2.48. The van der Waals surface area contributed by atoms with Crippen LogP contribution in [-0.2, 0) is 19.1 Å². The largest absolute Gasteiger partial charge is 0.466 e. The van der Waals surface area contributed by atoms with E-state index in [1.807, 2.05) is 13.8 Å². The lowest BCUT2D eigenvalue weighted by Gasteiger charge is -2.34. The Morgan fingerprint density at radius 3 is 2.46 bits per heavy atom. The maximum atomic E-state index is 12.0. The van der Waals surface area contributed by atoms with Gasteiger partial charge in [-0.05, 0) is 46.5 Å². The number of piperidine rings is 1. The van der Waals surface area contributed by atoms with E-state index in [0.29, 0.717) is 26.2 Å². The van der Waals surface area contributed by atoms with E-state index in [0.717, 1.165) is 64.1 Å². The average molecular weight is 511 g/mol. The Morgan fingerprint density at radius 2 is 1.79 bits per heavy atom. The van der Waals surface area contributed by atoms with Crippen molar-refractivity contribution in [2.24, 2.45) is 10.9 Å². The molecular formula is C20H38IN3O4. The number of esters is 2. The predicted octanol–water partition coefficient (Wildman–Crippen LogP) is 3.36. The second-order valence-electron chi connectivity index (χ2n) is 6.74. The normalized spacial score (nSPS) is 16.9. The van der Waals surface area contributed by atoms with E-state index in [4.69, 9.17) is 14.5 Å². The molecule has 1 rings (SSSR count). The average Bonchev–Trinajstić information content (AvgIpc) is 2.67. The highest BCUT2D eigenvalue weighted by Gasteiger charge is 2.28. The zero-order valence-electron chi connectivity index (χ0n) is 17.7. The minimum absolute atomic E-state index is 0. The van der Waals surface area contributed by atoms with Gasteiger partial charge in [-0.15, -0.1) is 24.0 Å². The van der Waals surface area contributed by atoms with Crippen LogP contribution in [0.5, 0.6) is 0 Å². The van der Waals surface area contributed by atoms with E-state index in [1.165, 1.54) is 0 Å². The zero-order valence-corrected chi connectivity index (χ0v) is 20.0. The number of hydrogen-bond donors (Lipinski definition) is 1. The van der Waals surface area contributed by atoms with Crippen molar-refractivity contribution < 1.29 is 19.1 Å². The van der Waals surface area contributed by atoms with Crippen LogP contribution in [0.4, 0.5) is 0 Å². The first kappa shape index (κ1) is 26.9. The number of carbonyl (C=O) groups excluding carboxylic acids is 2.